The van der Waals surface area contributed by atoms with E-state index in [1.54, 1.807) is 18.3 Å². The van der Waals surface area contributed by atoms with Crippen LogP contribution in [0.4, 0.5) is 18.0 Å². The number of amides is 2. The van der Waals surface area contributed by atoms with Crippen molar-refractivity contribution in [2.45, 2.75) is 25.6 Å². The molecule has 3 nitrogen and oxygen atoms in total. The van der Waals surface area contributed by atoms with Crippen LogP contribution >= 0.6 is 11.3 Å². The predicted octanol–water partition coefficient (Wildman–Crippen LogP) is 2.88. The normalized spacial score (nSPS) is 13.2. The zero-order valence-electron chi connectivity index (χ0n) is 10.1. The van der Waals surface area contributed by atoms with Crippen LogP contribution in [0.1, 0.15) is 11.8 Å². The van der Waals surface area contributed by atoms with Gasteiger partial charge in [-0.3, -0.25) is 0 Å². The van der Waals surface area contributed by atoms with E-state index >= 15 is 0 Å². The van der Waals surface area contributed by atoms with Crippen LogP contribution in [-0.2, 0) is 6.42 Å². The Morgan fingerprint density at radius 3 is 2.72 bits per heavy atom. The number of thiophene rings is 1. The van der Waals surface area contributed by atoms with E-state index in [0.29, 0.717) is 6.42 Å². The number of carbonyl (C=O) groups excluding carboxylic acids is 1. The quantitative estimate of drug-likeness (QED) is 0.903. The largest absolute Gasteiger partial charge is 0.405 e. The Balaban J connectivity index is 2.43. The van der Waals surface area contributed by atoms with E-state index in [0.717, 1.165) is 4.88 Å². The Labute approximate surface area is 108 Å². The number of alkyl halides is 3. The van der Waals surface area contributed by atoms with Crippen LogP contribution in [0.25, 0.3) is 0 Å². The van der Waals surface area contributed by atoms with Gasteiger partial charge in [0, 0.05) is 24.4 Å². The third-order valence-electron chi connectivity index (χ3n) is 2.50. The Bertz CT molecular complexity index is 378. The molecule has 0 aliphatic rings. The van der Waals surface area contributed by atoms with Crippen molar-refractivity contribution in [1.82, 2.24) is 10.2 Å². The fourth-order valence-corrected chi connectivity index (χ4v) is 2.18. The molecule has 0 spiro atoms. The maximum absolute atomic E-state index is 12.0. The van der Waals surface area contributed by atoms with Crippen LogP contribution in [0.15, 0.2) is 17.5 Å². The topological polar surface area (TPSA) is 32.3 Å². The molecule has 0 aliphatic carbocycles. The highest BCUT2D eigenvalue weighted by molar-refractivity contribution is 7.09. The summed E-state index contributed by atoms with van der Waals surface area (Å²) in [6.07, 6.45) is -3.75. The van der Waals surface area contributed by atoms with Gasteiger partial charge in [0.2, 0.25) is 0 Å². The van der Waals surface area contributed by atoms with Gasteiger partial charge in [0.05, 0.1) is 0 Å². The van der Waals surface area contributed by atoms with Crippen molar-refractivity contribution >= 4 is 17.4 Å². The Morgan fingerprint density at radius 2 is 2.22 bits per heavy atom. The van der Waals surface area contributed by atoms with Crippen molar-refractivity contribution in [3.8, 4) is 0 Å². The minimum absolute atomic E-state index is 0.156. The highest BCUT2D eigenvalue weighted by atomic mass is 32.1. The molecular formula is C11H15F3N2OS. The summed E-state index contributed by atoms with van der Waals surface area (Å²) in [7, 11) is 1.49. The number of nitrogens with zero attached hydrogens (tertiary/aromatic N) is 1. The summed E-state index contributed by atoms with van der Waals surface area (Å²) in [6, 6.07) is 2.97. The minimum Gasteiger partial charge on any atom is -0.329 e. The lowest BCUT2D eigenvalue weighted by molar-refractivity contribution is -0.123. The van der Waals surface area contributed by atoms with E-state index < -0.39 is 18.8 Å². The number of urea groups is 1. The van der Waals surface area contributed by atoms with Gasteiger partial charge >= 0.3 is 12.2 Å². The van der Waals surface area contributed by atoms with Gasteiger partial charge in [0.1, 0.15) is 6.54 Å². The third kappa shape index (κ3) is 4.95. The molecule has 0 aromatic carbocycles. The molecule has 1 aromatic heterocycles. The molecule has 2 amide bonds. The molecular weight excluding hydrogens is 265 g/mol. The summed E-state index contributed by atoms with van der Waals surface area (Å²) in [6.45, 7) is 0.495. The Kier molecular flexibility index (Phi) is 5.01. The fraction of sp³-hybridized carbons (Fsp3) is 0.545. The van der Waals surface area contributed by atoms with Gasteiger partial charge in [-0.15, -0.1) is 11.3 Å². The lowest BCUT2D eigenvalue weighted by Gasteiger charge is -2.25. The molecule has 102 valence electrons. The van der Waals surface area contributed by atoms with Crippen LogP contribution in [-0.4, -0.2) is 36.7 Å². The summed E-state index contributed by atoms with van der Waals surface area (Å²) in [4.78, 5) is 13.9. The second-order valence-corrected chi connectivity index (χ2v) is 5.05. The first kappa shape index (κ1) is 14.8. The van der Waals surface area contributed by atoms with Crippen molar-refractivity contribution in [3.63, 3.8) is 0 Å². The van der Waals surface area contributed by atoms with Gasteiger partial charge in [-0.25, -0.2) is 4.79 Å². The summed E-state index contributed by atoms with van der Waals surface area (Å²) in [5, 5.41) is 3.77. The van der Waals surface area contributed by atoms with Gasteiger partial charge in [0.25, 0.3) is 0 Å². The molecule has 0 aliphatic heterocycles. The summed E-state index contributed by atoms with van der Waals surface area (Å²) < 4.78 is 35.9. The van der Waals surface area contributed by atoms with Crippen LogP contribution < -0.4 is 5.32 Å². The standard InChI is InChI=1S/C11H15F3N2OS/c1-8(6-9-4-3-5-18-9)16(2)10(17)15-7-11(12,13)14/h3-5,8H,6-7H2,1-2H3,(H,15,17). The minimum atomic E-state index is -4.38. The Hall–Kier alpha value is -1.24. The number of likely N-dealkylation sites (N-methyl/N-ethyl adjacent to an activating group) is 1. The molecule has 0 bridgehead atoms. The summed E-state index contributed by atoms with van der Waals surface area (Å²) in [5.74, 6) is 0. The number of rotatable bonds is 4. The monoisotopic (exact) mass is 280 g/mol. The van der Waals surface area contributed by atoms with Crippen LogP contribution in [0, 0.1) is 0 Å². The molecule has 1 atom stereocenters. The van der Waals surface area contributed by atoms with Crippen molar-refractivity contribution in [1.29, 1.82) is 0 Å². The van der Waals surface area contributed by atoms with Crippen LogP contribution in [0.2, 0.25) is 0 Å². The van der Waals surface area contributed by atoms with E-state index in [1.165, 1.54) is 11.9 Å². The van der Waals surface area contributed by atoms with Crippen molar-refractivity contribution in [3.05, 3.63) is 22.4 Å². The predicted molar refractivity (Wildman–Crippen MR) is 64.7 cm³/mol. The third-order valence-corrected chi connectivity index (χ3v) is 3.40. The zero-order chi connectivity index (χ0) is 13.8. The second-order valence-electron chi connectivity index (χ2n) is 4.02. The van der Waals surface area contributed by atoms with Crippen LogP contribution in [0.3, 0.4) is 0 Å². The molecule has 0 radical (unpaired) electrons. The number of carbonyl (C=O) groups is 1. The molecule has 7 heteroatoms. The number of halogens is 3. The van der Waals surface area contributed by atoms with Gasteiger partial charge in [-0.1, -0.05) is 6.07 Å². The van der Waals surface area contributed by atoms with Crippen LogP contribution in [0.5, 0.6) is 0 Å². The lowest BCUT2D eigenvalue weighted by atomic mass is 10.2. The zero-order valence-corrected chi connectivity index (χ0v) is 10.9. The lowest BCUT2D eigenvalue weighted by Crippen LogP contribution is -2.46. The first-order valence-corrected chi connectivity index (χ1v) is 6.27. The number of nitrogens with one attached hydrogen (secondary N) is 1. The molecule has 0 fully saturated rings. The first-order valence-electron chi connectivity index (χ1n) is 5.39. The van der Waals surface area contributed by atoms with Gasteiger partial charge < -0.3 is 10.2 Å². The van der Waals surface area contributed by atoms with Gasteiger partial charge in [-0.2, -0.15) is 13.2 Å². The first-order chi connectivity index (χ1) is 8.29. The maximum Gasteiger partial charge on any atom is 0.405 e. The molecule has 18 heavy (non-hydrogen) atoms. The van der Waals surface area contributed by atoms with Crippen molar-refractivity contribution < 1.29 is 18.0 Å². The average Bonchev–Trinajstić information content (AvgIpc) is 2.76. The average molecular weight is 280 g/mol. The fourth-order valence-electron chi connectivity index (χ4n) is 1.36. The Morgan fingerprint density at radius 1 is 1.56 bits per heavy atom. The highest BCUT2D eigenvalue weighted by Crippen LogP contribution is 2.15. The van der Waals surface area contributed by atoms with Gasteiger partial charge in [-0.05, 0) is 18.4 Å². The molecule has 1 aromatic rings. The molecule has 1 unspecified atom stereocenters. The number of hydrogen-bond donors (Lipinski definition) is 1. The molecule has 0 saturated heterocycles. The van der Waals surface area contributed by atoms with E-state index in [4.69, 9.17) is 0 Å². The SMILES string of the molecule is CC(Cc1cccs1)N(C)C(=O)NCC(F)(F)F. The maximum atomic E-state index is 12.0. The summed E-state index contributed by atoms with van der Waals surface area (Å²) in [5.41, 5.74) is 0. The van der Waals surface area contributed by atoms with E-state index in [1.807, 2.05) is 22.8 Å². The second kappa shape index (κ2) is 6.08. The van der Waals surface area contributed by atoms with Crippen molar-refractivity contribution in [2.24, 2.45) is 0 Å². The van der Waals surface area contributed by atoms with E-state index in [-0.39, 0.29) is 6.04 Å². The molecule has 1 N–H and O–H groups in total. The summed E-state index contributed by atoms with van der Waals surface area (Å²) >= 11 is 1.56. The van der Waals surface area contributed by atoms with Gasteiger partial charge in [0.15, 0.2) is 0 Å². The van der Waals surface area contributed by atoms with E-state index in [9.17, 15) is 18.0 Å². The highest BCUT2D eigenvalue weighted by Gasteiger charge is 2.29. The van der Waals surface area contributed by atoms with E-state index in [2.05, 4.69) is 0 Å². The van der Waals surface area contributed by atoms with Crippen molar-refractivity contribution in [2.75, 3.05) is 13.6 Å². The molecule has 1 heterocycles. The number of hydrogen-bond acceptors (Lipinski definition) is 2. The molecule has 0 saturated carbocycles. The molecule has 1 rings (SSSR count). The smallest absolute Gasteiger partial charge is 0.329 e.